The highest BCUT2D eigenvalue weighted by atomic mass is 35.5. The van der Waals surface area contributed by atoms with Crippen LogP contribution in [-0.2, 0) is 4.79 Å². The van der Waals surface area contributed by atoms with Gasteiger partial charge in [0.1, 0.15) is 30.8 Å². The second-order valence-electron chi connectivity index (χ2n) is 9.12. The zero-order valence-electron chi connectivity index (χ0n) is 20.0. The number of hydrogen-bond donors (Lipinski definition) is 2. The summed E-state index contributed by atoms with van der Waals surface area (Å²) in [5.74, 6) is -0.579. The van der Waals surface area contributed by atoms with Crippen molar-refractivity contribution in [3.8, 4) is 17.2 Å². The van der Waals surface area contributed by atoms with E-state index in [2.05, 4.69) is 5.32 Å². The van der Waals surface area contributed by atoms with Gasteiger partial charge < -0.3 is 19.9 Å². The normalized spacial score (nSPS) is 15.7. The topological polar surface area (TPSA) is 88.1 Å². The molecule has 0 aromatic heterocycles. The van der Waals surface area contributed by atoms with Crippen LogP contribution in [0.25, 0.3) is 0 Å². The highest BCUT2D eigenvalue weighted by molar-refractivity contribution is 6.31. The highest BCUT2D eigenvalue weighted by Crippen LogP contribution is 2.36. The molecule has 192 valence electrons. The van der Waals surface area contributed by atoms with Crippen LogP contribution in [0.3, 0.4) is 0 Å². The number of phenolic OH excluding ortho intramolecular Hbond substituents is 1. The quantitative estimate of drug-likeness (QED) is 0.450. The van der Waals surface area contributed by atoms with Gasteiger partial charge in [0.15, 0.2) is 11.5 Å². The van der Waals surface area contributed by atoms with Crippen molar-refractivity contribution in [2.75, 3.05) is 18.1 Å². The van der Waals surface area contributed by atoms with Crippen LogP contribution in [0.5, 0.6) is 17.2 Å². The average molecular weight is 525 g/mol. The second kappa shape index (κ2) is 10.7. The van der Waals surface area contributed by atoms with Gasteiger partial charge in [-0.15, -0.1) is 0 Å². The number of nitrogens with zero attached hydrogens (tertiary/aromatic N) is 1. The van der Waals surface area contributed by atoms with E-state index in [1.165, 1.54) is 29.2 Å². The van der Waals surface area contributed by atoms with Gasteiger partial charge in [-0.05, 0) is 66.9 Å². The molecule has 0 unspecified atom stereocenters. The van der Waals surface area contributed by atoms with E-state index in [9.17, 15) is 19.1 Å². The number of anilines is 1. The van der Waals surface area contributed by atoms with E-state index in [-0.39, 0.29) is 34.0 Å². The van der Waals surface area contributed by atoms with E-state index >= 15 is 0 Å². The number of rotatable bonds is 6. The van der Waals surface area contributed by atoms with Crippen LogP contribution < -0.4 is 19.7 Å². The fourth-order valence-electron chi connectivity index (χ4n) is 4.76. The number of ether oxygens (including phenoxy) is 2. The third kappa shape index (κ3) is 5.34. The molecule has 0 spiro atoms. The molecule has 9 heteroatoms. The minimum atomic E-state index is -1.12. The molecule has 5 rings (SSSR count). The SMILES string of the molecule is O=C(NC1CCCC1)[C@H](c1ccc(O)cc1)N(C(=O)c1ccc2c(c1)OCCO2)c1ccc(F)c(Cl)c1. The van der Waals surface area contributed by atoms with Crippen LogP contribution in [0, 0.1) is 5.82 Å². The lowest BCUT2D eigenvalue weighted by Gasteiger charge is -2.33. The molecule has 37 heavy (non-hydrogen) atoms. The third-order valence-electron chi connectivity index (χ3n) is 6.61. The highest BCUT2D eigenvalue weighted by Gasteiger charge is 2.35. The summed E-state index contributed by atoms with van der Waals surface area (Å²) in [6, 6.07) is 13.7. The number of carbonyl (C=O) groups excluding carboxylic acids is 2. The van der Waals surface area contributed by atoms with Crippen molar-refractivity contribution in [3.05, 3.63) is 82.6 Å². The number of hydrogen-bond acceptors (Lipinski definition) is 5. The molecule has 0 saturated heterocycles. The first-order valence-electron chi connectivity index (χ1n) is 12.2. The minimum absolute atomic E-state index is 0.00448. The van der Waals surface area contributed by atoms with E-state index in [0.717, 1.165) is 31.7 Å². The third-order valence-corrected chi connectivity index (χ3v) is 6.90. The fourth-order valence-corrected chi connectivity index (χ4v) is 4.93. The summed E-state index contributed by atoms with van der Waals surface area (Å²) in [4.78, 5) is 29.2. The summed E-state index contributed by atoms with van der Waals surface area (Å²) in [5.41, 5.74) is 0.965. The van der Waals surface area contributed by atoms with Crippen LogP contribution in [0.4, 0.5) is 10.1 Å². The van der Waals surface area contributed by atoms with E-state index in [1.54, 1.807) is 30.3 Å². The summed E-state index contributed by atoms with van der Waals surface area (Å²) in [5, 5.41) is 12.8. The van der Waals surface area contributed by atoms with Crippen molar-refractivity contribution in [3.63, 3.8) is 0 Å². The predicted octanol–water partition coefficient (Wildman–Crippen LogP) is 5.40. The molecule has 2 aliphatic rings. The Labute approximate surface area is 218 Å². The monoisotopic (exact) mass is 524 g/mol. The maximum atomic E-state index is 14.1. The van der Waals surface area contributed by atoms with Gasteiger partial charge in [0.25, 0.3) is 5.91 Å². The van der Waals surface area contributed by atoms with Crippen LogP contribution in [0.1, 0.15) is 47.6 Å². The lowest BCUT2D eigenvalue weighted by atomic mass is 10.0. The molecule has 0 radical (unpaired) electrons. The summed E-state index contributed by atoms with van der Waals surface area (Å²) in [6.45, 7) is 0.757. The maximum Gasteiger partial charge on any atom is 0.259 e. The zero-order valence-corrected chi connectivity index (χ0v) is 20.7. The smallest absolute Gasteiger partial charge is 0.259 e. The first-order valence-corrected chi connectivity index (χ1v) is 12.6. The van der Waals surface area contributed by atoms with Gasteiger partial charge in [-0.1, -0.05) is 36.6 Å². The molecule has 1 aliphatic heterocycles. The van der Waals surface area contributed by atoms with Crippen LogP contribution in [0.2, 0.25) is 5.02 Å². The first kappa shape index (κ1) is 24.9. The molecule has 1 aliphatic carbocycles. The summed E-state index contributed by atoms with van der Waals surface area (Å²) >= 11 is 6.11. The predicted molar refractivity (Wildman–Crippen MR) is 137 cm³/mol. The molecular weight excluding hydrogens is 499 g/mol. The molecule has 2 N–H and O–H groups in total. The second-order valence-corrected chi connectivity index (χ2v) is 9.52. The molecule has 1 saturated carbocycles. The lowest BCUT2D eigenvalue weighted by molar-refractivity contribution is -0.123. The molecule has 2 amide bonds. The Hall–Kier alpha value is -3.78. The number of amides is 2. The summed E-state index contributed by atoms with van der Waals surface area (Å²) in [7, 11) is 0. The standard InChI is InChI=1S/C28H26ClFN2O5/c29-22-16-20(8-11-23(22)30)32(28(35)18-7-12-24-25(15-18)37-14-13-36-24)26(17-5-9-21(33)10-6-17)27(34)31-19-3-1-2-4-19/h5-12,15-16,19,26,33H,1-4,13-14H2,(H,31,34)/t26-/m0/s1. The van der Waals surface area contributed by atoms with Gasteiger partial charge in [0, 0.05) is 17.3 Å². The number of halogens is 2. The van der Waals surface area contributed by atoms with Crippen molar-refractivity contribution in [2.24, 2.45) is 0 Å². The molecule has 3 aromatic rings. The van der Waals surface area contributed by atoms with E-state index < -0.39 is 17.8 Å². The summed E-state index contributed by atoms with van der Waals surface area (Å²) < 4.78 is 25.3. The van der Waals surface area contributed by atoms with Gasteiger partial charge in [-0.25, -0.2) is 4.39 Å². The Morgan fingerprint density at radius 1 is 0.973 bits per heavy atom. The van der Waals surface area contributed by atoms with Crippen LogP contribution in [-0.4, -0.2) is 36.2 Å². The largest absolute Gasteiger partial charge is 0.508 e. The Morgan fingerprint density at radius 2 is 1.68 bits per heavy atom. The Morgan fingerprint density at radius 3 is 2.38 bits per heavy atom. The van der Waals surface area contributed by atoms with Gasteiger partial charge in [0.05, 0.1) is 5.02 Å². The first-order chi connectivity index (χ1) is 17.9. The number of phenols is 1. The number of benzene rings is 3. The van der Waals surface area contributed by atoms with E-state index in [1.807, 2.05) is 0 Å². The van der Waals surface area contributed by atoms with Gasteiger partial charge in [0.2, 0.25) is 5.91 Å². The summed E-state index contributed by atoms with van der Waals surface area (Å²) in [6.07, 6.45) is 3.74. The molecule has 1 fully saturated rings. The Kier molecular flexibility index (Phi) is 7.19. The Balaban J connectivity index is 1.62. The average Bonchev–Trinajstić information content (AvgIpc) is 3.42. The fraction of sp³-hybridized carbons (Fsp3) is 0.286. The van der Waals surface area contributed by atoms with E-state index in [0.29, 0.717) is 30.3 Å². The van der Waals surface area contributed by atoms with Crippen molar-refractivity contribution < 1.29 is 28.6 Å². The van der Waals surface area contributed by atoms with Crippen molar-refractivity contribution in [2.45, 2.75) is 37.8 Å². The molecule has 1 atom stereocenters. The number of carbonyl (C=O) groups is 2. The number of aromatic hydroxyl groups is 1. The lowest BCUT2D eigenvalue weighted by Crippen LogP contribution is -2.46. The molecule has 1 heterocycles. The molecule has 3 aromatic carbocycles. The molecule has 7 nitrogen and oxygen atoms in total. The van der Waals surface area contributed by atoms with Crippen molar-refractivity contribution in [1.82, 2.24) is 5.32 Å². The molecular formula is C28H26ClFN2O5. The zero-order chi connectivity index (χ0) is 25.9. The van der Waals surface area contributed by atoms with Crippen LogP contribution in [0.15, 0.2) is 60.7 Å². The van der Waals surface area contributed by atoms with Gasteiger partial charge in [-0.2, -0.15) is 0 Å². The Bertz CT molecular complexity index is 1310. The van der Waals surface area contributed by atoms with Gasteiger partial charge >= 0.3 is 0 Å². The van der Waals surface area contributed by atoms with E-state index in [4.69, 9.17) is 21.1 Å². The van der Waals surface area contributed by atoms with Crippen molar-refractivity contribution in [1.29, 1.82) is 0 Å². The van der Waals surface area contributed by atoms with Crippen LogP contribution >= 0.6 is 11.6 Å². The minimum Gasteiger partial charge on any atom is -0.508 e. The van der Waals surface area contributed by atoms with Gasteiger partial charge in [-0.3, -0.25) is 14.5 Å². The maximum absolute atomic E-state index is 14.1. The van der Waals surface area contributed by atoms with Crippen molar-refractivity contribution >= 4 is 29.1 Å². The number of fused-ring (bicyclic) bond motifs is 1. The number of nitrogens with one attached hydrogen (secondary N) is 1. The molecule has 0 bridgehead atoms.